The van der Waals surface area contributed by atoms with E-state index in [0.29, 0.717) is 17.1 Å². The lowest BCUT2D eigenvalue weighted by Crippen LogP contribution is -2.31. The molecule has 6 nitrogen and oxygen atoms in total. The highest BCUT2D eigenvalue weighted by atomic mass is 16.5. The van der Waals surface area contributed by atoms with E-state index >= 15 is 0 Å². The summed E-state index contributed by atoms with van der Waals surface area (Å²) < 4.78 is 11.1. The van der Waals surface area contributed by atoms with E-state index in [2.05, 4.69) is 5.32 Å². The summed E-state index contributed by atoms with van der Waals surface area (Å²) in [5.41, 5.74) is 6.34. The molecule has 0 bridgehead atoms. The van der Waals surface area contributed by atoms with Gasteiger partial charge >= 0.3 is 0 Å². The molecule has 2 aromatic carbocycles. The number of nitrogens with two attached hydrogens (primary N) is 1. The van der Waals surface area contributed by atoms with Crippen LogP contribution in [0.3, 0.4) is 0 Å². The molecule has 0 unspecified atom stereocenters. The predicted molar refractivity (Wildman–Crippen MR) is 93.2 cm³/mol. The third-order valence-electron chi connectivity index (χ3n) is 3.76. The van der Waals surface area contributed by atoms with Crippen molar-refractivity contribution < 1.29 is 18.7 Å². The second-order valence-electron chi connectivity index (χ2n) is 5.65. The molecule has 0 aliphatic heterocycles. The lowest BCUT2D eigenvalue weighted by Gasteiger charge is -2.12. The first kappa shape index (κ1) is 16.6. The Morgan fingerprint density at radius 2 is 1.88 bits per heavy atom. The second-order valence-corrected chi connectivity index (χ2v) is 5.65. The molecule has 3 N–H and O–H groups in total. The van der Waals surface area contributed by atoms with Gasteiger partial charge in [-0.15, -0.1) is 0 Å². The Labute approximate surface area is 144 Å². The third-order valence-corrected chi connectivity index (χ3v) is 3.76. The number of rotatable bonds is 6. The number of carbonyl (C=O) groups excluding carboxylic acids is 2. The molecule has 25 heavy (non-hydrogen) atoms. The number of benzene rings is 2. The molecule has 128 valence electrons. The zero-order chi connectivity index (χ0) is 17.8. The van der Waals surface area contributed by atoms with Crippen molar-refractivity contribution >= 4 is 22.8 Å². The number of hydrogen-bond acceptors (Lipinski definition) is 4. The van der Waals surface area contributed by atoms with Gasteiger partial charge < -0.3 is 20.2 Å². The summed E-state index contributed by atoms with van der Waals surface area (Å²) >= 11 is 0. The summed E-state index contributed by atoms with van der Waals surface area (Å²) in [5.74, 6) is 0.382. The molecule has 0 aliphatic rings. The van der Waals surface area contributed by atoms with Crippen LogP contribution < -0.4 is 15.8 Å². The number of ether oxygens (including phenoxy) is 1. The Kier molecular flexibility index (Phi) is 4.70. The molecule has 0 saturated heterocycles. The van der Waals surface area contributed by atoms with Crippen LogP contribution in [0, 0.1) is 0 Å². The average Bonchev–Trinajstić information content (AvgIpc) is 3.04. The molecule has 0 fully saturated rings. The highest BCUT2D eigenvalue weighted by Crippen LogP contribution is 2.23. The number of para-hydroxylation sites is 1. The highest BCUT2D eigenvalue weighted by molar-refractivity contribution is 5.92. The first-order valence-corrected chi connectivity index (χ1v) is 7.83. The summed E-state index contributed by atoms with van der Waals surface area (Å²) in [6.45, 7) is 1.71. The van der Waals surface area contributed by atoms with E-state index in [1.54, 1.807) is 24.3 Å². The van der Waals surface area contributed by atoms with Crippen molar-refractivity contribution in [1.82, 2.24) is 5.32 Å². The van der Waals surface area contributed by atoms with Crippen molar-refractivity contribution in [3.8, 4) is 5.75 Å². The van der Waals surface area contributed by atoms with E-state index in [1.165, 1.54) is 0 Å². The van der Waals surface area contributed by atoms with Crippen LogP contribution in [-0.2, 0) is 4.79 Å². The van der Waals surface area contributed by atoms with Crippen molar-refractivity contribution in [2.75, 3.05) is 6.61 Å². The molecule has 1 heterocycles. The van der Waals surface area contributed by atoms with Gasteiger partial charge in [-0.1, -0.05) is 18.2 Å². The van der Waals surface area contributed by atoms with Gasteiger partial charge in [0.25, 0.3) is 5.91 Å². The van der Waals surface area contributed by atoms with Crippen LogP contribution in [0.2, 0.25) is 0 Å². The van der Waals surface area contributed by atoms with Crippen LogP contribution in [0.1, 0.15) is 29.1 Å². The number of furan rings is 1. The minimum absolute atomic E-state index is 0.138. The molecular formula is C19H18N2O4. The molecule has 1 aromatic heterocycles. The summed E-state index contributed by atoms with van der Waals surface area (Å²) in [6.07, 6.45) is 0. The number of primary amides is 1. The van der Waals surface area contributed by atoms with Crippen LogP contribution in [0.15, 0.2) is 59.0 Å². The van der Waals surface area contributed by atoms with Crippen LogP contribution in [0.4, 0.5) is 0 Å². The lowest BCUT2D eigenvalue weighted by atomic mass is 10.2. The maximum Gasteiger partial charge on any atom is 0.258 e. The first-order chi connectivity index (χ1) is 12.0. The molecule has 3 rings (SSSR count). The maximum atomic E-state index is 12.0. The van der Waals surface area contributed by atoms with Gasteiger partial charge in [0.2, 0.25) is 5.91 Å². The molecule has 0 spiro atoms. The van der Waals surface area contributed by atoms with E-state index in [1.807, 2.05) is 37.3 Å². The zero-order valence-corrected chi connectivity index (χ0v) is 13.7. The fraction of sp³-hybridized carbons (Fsp3) is 0.158. The summed E-state index contributed by atoms with van der Waals surface area (Å²) in [7, 11) is 0. The summed E-state index contributed by atoms with van der Waals surface area (Å²) in [6, 6.07) is 15.6. The number of fused-ring (bicyclic) bond motifs is 1. The summed E-state index contributed by atoms with van der Waals surface area (Å²) in [4.78, 5) is 23.0. The van der Waals surface area contributed by atoms with Crippen molar-refractivity contribution in [3.05, 3.63) is 65.9 Å². The Hall–Kier alpha value is -3.28. The van der Waals surface area contributed by atoms with E-state index < -0.39 is 5.91 Å². The summed E-state index contributed by atoms with van der Waals surface area (Å²) in [5, 5.41) is 3.82. The standard InChI is InChI=1S/C19H18N2O4/c1-12(17-10-14-4-2-3-5-16(14)25-17)21-18(22)11-24-15-8-6-13(7-9-15)19(20)23/h2-10,12H,11H2,1H3,(H2,20,23)(H,21,22)/t12-/m0/s1. The average molecular weight is 338 g/mol. The van der Waals surface area contributed by atoms with Crippen LogP contribution >= 0.6 is 0 Å². The monoisotopic (exact) mass is 338 g/mol. The van der Waals surface area contributed by atoms with Crippen LogP contribution in [-0.4, -0.2) is 18.4 Å². The van der Waals surface area contributed by atoms with Gasteiger partial charge in [-0.3, -0.25) is 9.59 Å². The first-order valence-electron chi connectivity index (χ1n) is 7.83. The smallest absolute Gasteiger partial charge is 0.258 e. The van der Waals surface area contributed by atoms with Crippen molar-refractivity contribution in [3.63, 3.8) is 0 Å². The Morgan fingerprint density at radius 1 is 1.16 bits per heavy atom. The molecule has 0 saturated carbocycles. The largest absolute Gasteiger partial charge is 0.484 e. The van der Waals surface area contributed by atoms with Gasteiger partial charge in [-0.2, -0.15) is 0 Å². The van der Waals surface area contributed by atoms with Gasteiger partial charge in [0.05, 0.1) is 6.04 Å². The van der Waals surface area contributed by atoms with E-state index in [4.69, 9.17) is 14.9 Å². The van der Waals surface area contributed by atoms with Crippen molar-refractivity contribution in [2.45, 2.75) is 13.0 Å². The van der Waals surface area contributed by atoms with Gasteiger partial charge in [0.15, 0.2) is 6.61 Å². The molecule has 0 aliphatic carbocycles. The SMILES string of the molecule is C[C@H](NC(=O)COc1ccc(C(N)=O)cc1)c1cc2ccccc2o1. The van der Waals surface area contributed by atoms with E-state index in [9.17, 15) is 9.59 Å². The van der Waals surface area contributed by atoms with E-state index in [-0.39, 0.29) is 18.6 Å². The van der Waals surface area contributed by atoms with Gasteiger partial charge in [-0.05, 0) is 43.3 Å². The fourth-order valence-electron chi connectivity index (χ4n) is 2.43. The van der Waals surface area contributed by atoms with Gasteiger partial charge in [-0.25, -0.2) is 0 Å². The molecule has 0 radical (unpaired) electrons. The molecule has 1 atom stereocenters. The topological polar surface area (TPSA) is 94.6 Å². The van der Waals surface area contributed by atoms with E-state index in [0.717, 1.165) is 11.0 Å². The van der Waals surface area contributed by atoms with Gasteiger partial charge in [0, 0.05) is 10.9 Å². The zero-order valence-electron chi connectivity index (χ0n) is 13.7. The van der Waals surface area contributed by atoms with Crippen LogP contribution in [0.25, 0.3) is 11.0 Å². The van der Waals surface area contributed by atoms with Crippen molar-refractivity contribution in [2.24, 2.45) is 5.73 Å². The quantitative estimate of drug-likeness (QED) is 0.722. The lowest BCUT2D eigenvalue weighted by molar-refractivity contribution is -0.123. The second kappa shape index (κ2) is 7.09. The van der Waals surface area contributed by atoms with Crippen molar-refractivity contribution in [1.29, 1.82) is 0 Å². The van der Waals surface area contributed by atoms with Gasteiger partial charge in [0.1, 0.15) is 17.1 Å². The van der Waals surface area contributed by atoms with Crippen LogP contribution in [0.5, 0.6) is 5.75 Å². The molecule has 2 amide bonds. The highest BCUT2D eigenvalue weighted by Gasteiger charge is 2.14. The maximum absolute atomic E-state index is 12.0. The number of amides is 2. The molecule has 6 heteroatoms. The Balaban J connectivity index is 1.55. The Bertz CT molecular complexity index is 866. The number of nitrogens with one attached hydrogen (secondary N) is 1. The Morgan fingerprint density at radius 3 is 2.56 bits per heavy atom. The number of carbonyl (C=O) groups is 2. The molecular weight excluding hydrogens is 320 g/mol. The fourth-order valence-corrected chi connectivity index (χ4v) is 2.43. The predicted octanol–water partition coefficient (Wildman–Crippen LogP) is 2.79. The number of hydrogen-bond donors (Lipinski definition) is 2. The third kappa shape index (κ3) is 3.98. The minimum Gasteiger partial charge on any atom is -0.484 e. The minimum atomic E-state index is -0.510. The normalized spacial score (nSPS) is 11.9. The molecule has 3 aromatic rings.